The summed E-state index contributed by atoms with van der Waals surface area (Å²) < 4.78 is 22.0. The van der Waals surface area contributed by atoms with E-state index in [0.717, 1.165) is 6.42 Å². The molecule has 0 fully saturated rings. The molecule has 1 aliphatic carbocycles. The number of ether oxygens (including phenoxy) is 4. The van der Waals surface area contributed by atoms with Crippen LogP contribution >= 0.6 is 11.6 Å². The Morgan fingerprint density at radius 2 is 1.82 bits per heavy atom. The maximum Gasteiger partial charge on any atom is 0.343 e. The number of carbonyl (C=O) groups is 4. The quantitative estimate of drug-likeness (QED) is 0.281. The molecule has 0 radical (unpaired) electrons. The van der Waals surface area contributed by atoms with Crippen LogP contribution in [0.2, 0.25) is 0 Å². The minimum Gasteiger partial charge on any atom is -0.464 e. The van der Waals surface area contributed by atoms with Crippen molar-refractivity contribution in [1.29, 1.82) is 0 Å². The summed E-state index contributed by atoms with van der Waals surface area (Å²) in [4.78, 5) is 52.5. The van der Waals surface area contributed by atoms with Crippen LogP contribution in [0.4, 0.5) is 0 Å². The van der Waals surface area contributed by atoms with Crippen LogP contribution in [0.15, 0.2) is 87.9 Å². The third kappa shape index (κ3) is 5.60. The molecule has 1 aromatic carbocycles. The lowest BCUT2D eigenvalue weighted by atomic mass is 9.81. The lowest BCUT2D eigenvalue weighted by Crippen LogP contribution is -2.33. The molecule has 3 aliphatic rings. The molecule has 0 saturated heterocycles. The van der Waals surface area contributed by atoms with Crippen LogP contribution < -0.4 is 0 Å². The van der Waals surface area contributed by atoms with Crippen molar-refractivity contribution < 1.29 is 38.1 Å². The Balaban J connectivity index is 1.61. The predicted octanol–water partition coefficient (Wildman–Crippen LogP) is 5.21. The van der Waals surface area contributed by atoms with E-state index in [2.05, 4.69) is 13.8 Å². The molecule has 5 atom stereocenters. The predicted molar refractivity (Wildman–Crippen MR) is 147 cm³/mol. The van der Waals surface area contributed by atoms with Gasteiger partial charge in [-0.05, 0) is 30.6 Å². The van der Waals surface area contributed by atoms with Crippen molar-refractivity contribution in [3.05, 3.63) is 93.5 Å². The van der Waals surface area contributed by atoms with Crippen LogP contribution in [0, 0.1) is 11.8 Å². The maximum absolute atomic E-state index is 13.6. The second-order valence-corrected chi connectivity index (χ2v) is 10.3. The number of halogens is 1. The number of esters is 2. The Morgan fingerprint density at radius 3 is 2.48 bits per heavy atom. The molecule has 9 heteroatoms. The van der Waals surface area contributed by atoms with Gasteiger partial charge in [-0.2, -0.15) is 0 Å². The summed E-state index contributed by atoms with van der Waals surface area (Å²) in [6, 6.07) is 8.80. The number of hydrogen-bond donors (Lipinski definition) is 0. The number of Topliss-reactive ketones (excluding diaryl/α,β-unsaturated/α-hetero) is 2. The van der Waals surface area contributed by atoms with E-state index in [1.807, 2.05) is 12.1 Å². The highest BCUT2D eigenvalue weighted by Crippen LogP contribution is 2.44. The molecule has 0 spiro atoms. The first kappa shape index (κ1) is 29.2. The van der Waals surface area contributed by atoms with Gasteiger partial charge in [-0.25, -0.2) is 9.59 Å². The number of carbonyl (C=O) groups excluding carboxylic acids is 4. The van der Waals surface area contributed by atoms with Gasteiger partial charge in [-0.3, -0.25) is 9.59 Å². The minimum absolute atomic E-state index is 0.102. The van der Waals surface area contributed by atoms with Gasteiger partial charge in [0.15, 0.2) is 18.0 Å². The third-order valence-corrected chi connectivity index (χ3v) is 7.67. The van der Waals surface area contributed by atoms with Crippen LogP contribution in [-0.4, -0.2) is 42.8 Å². The van der Waals surface area contributed by atoms with E-state index < -0.39 is 47.7 Å². The molecule has 0 saturated carbocycles. The molecule has 2 aliphatic heterocycles. The SMILES string of the molecule is CC[C@H](C)/C=C/C1=CC2=C(Cl)C(=O)[C@H]3OC(=O)C(C(=O)[C@@H](C)[C@H](C)OC(=O)[C@H](OC)c4ccccc4)=C3C2=CO1. The first-order valence-corrected chi connectivity index (χ1v) is 13.5. The summed E-state index contributed by atoms with van der Waals surface area (Å²) in [5, 5.41) is -0.110. The molecule has 0 unspecified atom stereocenters. The lowest BCUT2D eigenvalue weighted by Gasteiger charge is -2.26. The fourth-order valence-electron chi connectivity index (χ4n) is 4.51. The summed E-state index contributed by atoms with van der Waals surface area (Å²) in [6.07, 6.45) is 4.40. The molecule has 4 rings (SSSR count). The van der Waals surface area contributed by atoms with Crippen LogP contribution in [-0.2, 0) is 38.1 Å². The van der Waals surface area contributed by atoms with Gasteiger partial charge >= 0.3 is 11.9 Å². The summed E-state index contributed by atoms with van der Waals surface area (Å²) in [6.45, 7) is 7.21. The summed E-state index contributed by atoms with van der Waals surface area (Å²) in [5.74, 6) is -3.05. The lowest BCUT2D eigenvalue weighted by molar-refractivity contribution is -0.163. The zero-order valence-electron chi connectivity index (χ0n) is 22.9. The van der Waals surface area contributed by atoms with E-state index in [1.165, 1.54) is 20.3 Å². The number of benzene rings is 1. The fraction of sp³-hybridized carbons (Fsp3) is 0.355. The maximum atomic E-state index is 13.6. The molecular formula is C31H31ClO8. The van der Waals surface area contributed by atoms with Gasteiger partial charge in [0, 0.05) is 23.8 Å². The summed E-state index contributed by atoms with van der Waals surface area (Å²) >= 11 is 6.40. The van der Waals surface area contributed by atoms with E-state index in [4.69, 9.17) is 30.5 Å². The monoisotopic (exact) mass is 566 g/mol. The number of methoxy groups -OCH3 is 1. The van der Waals surface area contributed by atoms with Crippen molar-refractivity contribution in [2.45, 2.75) is 52.4 Å². The molecule has 40 heavy (non-hydrogen) atoms. The van der Waals surface area contributed by atoms with E-state index in [-0.39, 0.29) is 16.2 Å². The van der Waals surface area contributed by atoms with Crippen molar-refractivity contribution in [2.75, 3.05) is 7.11 Å². The zero-order chi connectivity index (χ0) is 29.1. The van der Waals surface area contributed by atoms with Crippen LogP contribution in [0.1, 0.15) is 45.8 Å². The van der Waals surface area contributed by atoms with Gasteiger partial charge in [0.05, 0.1) is 17.2 Å². The number of fused-ring (bicyclic) bond motifs is 3. The van der Waals surface area contributed by atoms with Crippen molar-refractivity contribution in [3.63, 3.8) is 0 Å². The average Bonchev–Trinajstić information content (AvgIpc) is 3.31. The summed E-state index contributed by atoms with van der Waals surface area (Å²) in [5.41, 5.74) is 1.08. The van der Waals surface area contributed by atoms with Gasteiger partial charge in [-0.15, -0.1) is 0 Å². The molecule has 0 N–H and O–H groups in total. The Labute approximate surface area is 237 Å². The standard InChI is InChI=1S/C31H31ClO8/c1-6-16(2)12-13-20-14-21-22(15-38-20)23-24(30(35)40-29(23)27(34)25(21)32)26(33)17(3)18(4)39-31(36)28(37-5)19-10-8-7-9-11-19/h7-18,28-29H,6H2,1-5H3/b13-12+/t16-,17-,18-,28+,29-/m0/s1. The third-order valence-electron chi connectivity index (χ3n) is 7.28. The molecule has 0 bridgehead atoms. The van der Waals surface area contributed by atoms with Crippen LogP contribution in [0.25, 0.3) is 0 Å². The molecule has 0 aromatic heterocycles. The molecule has 2 heterocycles. The average molecular weight is 567 g/mol. The zero-order valence-corrected chi connectivity index (χ0v) is 23.7. The molecule has 1 aromatic rings. The van der Waals surface area contributed by atoms with E-state index in [1.54, 1.807) is 43.3 Å². The Bertz CT molecular complexity index is 1380. The number of allylic oxidation sites excluding steroid dienone is 4. The molecular weight excluding hydrogens is 536 g/mol. The second kappa shape index (κ2) is 12.2. The van der Waals surface area contributed by atoms with Crippen molar-refractivity contribution >= 4 is 35.1 Å². The molecule has 8 nitrogen and oxygen atoms in total. The molecule has 0 amide bonds. The first-order chi connectivity index (χ1) is 19.1. The van der Waals surface area contributed by atoms with Crippen LogP contribution in [0.5, 0.6) is 0 Å². The Kier molecular flexibility index (Phi) is 8.91. The smallest absolute Gasteiger partial charge is 0.343 e. The second-order valence-electron chi connectivity index (χ2n) is 9.93. The number of rotatable bonds is 10. The largest absolute Gasteiger partial charge is 0.464 e. The van der Waals surface area contributed by atoms with E-state index in [9.17, 15) is 19.2 Å². The van der Waals surface area contributed by atoms with Crippen LogP contribution in [0.3, 0.4) is 0 Å². The minimum atomic E-state index is -1.36. The number of ketones is 2. The van der Waals surface area contributed by atoms with Gasteiger partial charge in [0.2, 0.25) is 5.78 Å². The Morgan fingerprint density at radius 1 is 1.12 bits per heavy atom. The van der Waals surface area contributed by atoms with Crippen molar-refractivity contribution in [2.24, 2.45) is 11.8 Å². The van der Waals surface area contributed by atoms with Gasteiger partial charge in [0.1, 0.15) is 17.4 Å². The highest BCUT2D eigenvalue weighted by molar-refractivity contribution is 6.45. The highest BCUT2D eigenvalue weighted by Gasteiger charge is 2.49. The van der Waals surface area contributed by atoms with E-state index in [0.29, 0.717) is 28.4 Å². The number of hydrogen-bond acceptors (Lipinski definition) is 8. The van der Waals surface area contributed by atoms with Crippen molar-refractivity contribution in [3.8, 4) is 0 Å². The van der Waals surface area contributed by atoms with E-state index >= 15 is 0 Å². The highest BCUT2D eigenvalue weighted by atomic mass is 35.5. The normalized spacial score (nSPS) is 21.5. The summed E-state index contributed by atoms with van der Waals surface area (Å²) in [7, 11) is 1.38. The van der Waals surface area contributed by atoms with Gasteiger partial charge < -0.3 is 18.9 Å². The van der Waals surface area contributed by atoms with Gasteiger partial charge in [0.25, 0.3) is 0 Å². The first-order valence-electron chi connectivity index (χ1n) is 13.1. The topological polar surface area (TPSA) is 105 Å². The van der Waals surface area contributed by atoms with Crippen molar-refractivity contribution in [1.82, 2.24) is 0 Å². The van der Waals surface area contributed by atoms with Gasteiger partial charge in [-0.1, -0.05) is 75.2 Å². The Hall–Kier alpha value is -3.75. The fourth-order valence-corrected chi connectivity index (χ4v) is 4.76. The molecule has 210 valence electrons.